The van der Waals surface area contributed by atoms with Crippen LogP contribution in [-0.2, 0) is 4.74 Å². The second-order valence-electron chi connectivity index (χ2n) is 4.61. The van der Waals surface area contributed by atoms with Crippen LogP contribution in [-0.4, -0.2) is 19.2 Å². The van der Waals surface area contributed by atoms with Crippen molar-refractivity contribution in [2.75, 3.05) is 7.11 Å². The molecule has 2 aromatic rings. The Morgan fingerprint density at radius 1 is 1.30 bits per heavy atom. The lowest BCUT2D eigenvalue weighted by Gasteiger charge is -2.17. The molecule has 3 heteroatoms. The van der Waals surface area contributed by atoms with Crippen LogP contribution in [0, 0.1) is 0 Å². The van der Waals surface area contributed by atoms with E-state index in [0.717, 1.165) is 10.8 Å². The minimum absolute atomic E-state index is 0.0540. The molecule has 0 fully saturated rings. The SMILES string of the molecule is C=CCC(C)Oc1c(C(=O)OC)ccc2ccccc12. The number of rotatable bonds is 5. The topological polar surface area (TPSA) is 35.5 Å². The van der Waals surface area contributed by atoms with E-state index in [2.05, 4.69) is 6.58 Å². The van der Waals surface area contributed by atoms with E-state index in [4.69, 9.17) is 9.47 Å². The van der Waals surface area contributed by atoms with Crippen LogP contribution in [0.5, 0.6) is 5.75 Å². The van der Waals surface area contributed by atoms with Gasteiger partial charge in [0.1, 0.15) is 11.3 Å². The molecular formula is C17H18O3. The lowest BCUT2D eigenvalue weighted by molar-refractivity contribution is 0.0594. The first-order valence-corrected chi connectivity index (χ1v) is 6.55. The van der Waals surface area contributed by atoms with E-state index < -0.39 is 5.97 Å². The first-order valence-electron chi connectivity index (χ1n) is 6.55. The molecule has 1 unspecified atom stereocenters. The molecule has 0 aliphatic heterocycles. The monoisotopic (exact) mass is 270 g/mol. The molecule has 2 aromatic carbocycles. The molecule has 104 valence electrons. The molecule has 0 saturated carbocycles. The van der Waals surface area contributed by atoms with Crippen LogP contribution < -0.4 is 4.74 Å². The molecule has 0 aromatic heterocycles. The Kier molecular flexibility index (Phi) is 4.41. The van der Waals surface area contributed by atoms with E-state index in [-0.39, 0.29) is 6.10 Å². The van der Waals surface area contributed by atoms with Gasteiger partial charge in [0.05, 0.1) is 13.2 Å². The van der Waals surface area contributed by atoms with E-state index in [1.165, 1.54) is 7.11 Å². The smallest absolute Gasteiger partial charge is 0.341 e. The number of ether oxygens (including phenoxy) is 2. The highest BCUT2D eigenvalue weighted by molar-refractivity contribution is 6.01. The fourth-order valence-corrected chi connectivity index (χ4v) is 2.12. The number of carbonyl (C=O) groups excluding carboxylic acids is 1. The van der Waals surface area contributed by atoms with Crippen molar-refractivity contribution in [3.63, 3.8) is 0 Å². The third-order valence-corrected chi connectivity index (χ3v) is 3.10. The Balaban J connectivity index is 2.55. The summed E-state index contributed by atoms with van der Waals surface area (Å²) >= 11 is 0. The number of carbonyl (C=O) groups is 1. The predicted molar refractivity (Wildman–Crippen MR) is 80.2 cm³/mol. The van der Waals surface area contributed by atoms with Crippen molar-refractivity contribution in [1.29, 1.82) is 0 Å². The summed E-state index contributed by atoms with van der Waals surface area (Å²) in [5.41, 5.74) is 0.446. The lowest BCUT2D eigenvalue weighted by atomic mass is 10.0. The minimum Gasteiger partial charge on any atom is -0.489 e. The maximum absolute atomic E-state index is 11.9. The van der Waals surface area contributed by atoms with Gasteiger partial charge in [-0.15, -0.1) is 6.58 Å². The molecule has 1 atom stereocenters. The molecule has 0 radical (unpaired) electrons. The van der Waals surface area contributed by atoms with Crippen LogP contribution in [0.4, 0.5) is 0 Å². The van der Waals surface area contributed by atoms with Gasteiger partial charge in [-0.1, -0.05) is 36.4 Å². The average Bonchev–Trinajstić information content (AvgIpc) is 2.47. The van der Waals surface area contributed by atoms with Gasteiger partial charge in [0, 0.05) is 11.8 Å². The molecule has 0 aliphatic carbocycles. The summed E-state index contributed by atoms with van der Waals surface area (Å²) < 4.78 is 10.8. The van der Waals surface area contributed by atoms with Gasteiger partial charge in [0.25, 0.3) is 0 Å². The maximum atomic E-state index is 11.9. The van der Waals surface area contributed by atoms with Crippen molar-refractivity contribution in [1.82, 2.24) is 0 Å². The molecule has 0 bridgehead atoms. The van der Waals surface area contributed by atoms with Gasteiger partial charge in [-0.05, 0) is 18.4 Å². The lowest BCUT2D eigenvalue weighted by Crippen LogP contribution is -2.14. The highest BCUT2D eigenvalue weighted by atomic mass is 16.5. The molecule has 0 saturated heterocycles. The van der Waals surface area contributed by atoms with Crippen LogP contribution in [0.2, 0.25) is 0 Å². The number of hydrogen-bond donors (Lipinski definition) is 0. The number of esters is 1. The summed E-state index contributed by atoms with van der Waals surface area (Å²) in [4.78, 5) is 11.9. The molecule has 0 spiro atoms. The molecule has 3 nitrogen and oxygen atoms in total. The predicted octanol–water partition coefficient (Wildman–Crippen LogP) is 3.97. The Morgan fingerprint density at radius 2 is 2.05 bits per heavy atom. The first kappa shape index (κ1) is 14.1. The van der Waals surface area contributed by atoms with E-state index >= 15 is 0 Å². The van der Waals surface area contributed by atoms with Crippen LogP contribution in [0.3, 0.4) is 0 Å². The zero-order valence-corrected chi connectivity index (χ0v) is 11.8. The Labute approximate surface area is 118 Å². The summed E-state index contributed by atoms with van der Waals surface area (Å²) in [5, 5.41) is 1.94. The van der Waals surface area contributed by atoms with Gasteiger partial charge >= 0.3 is 5.97 Å². The summed E-state index contributed by atoms with van der Waals surface area (Å²) in [6.45, 7) is 5.66. The number of hydrogen-bond acceptors (Lipinski definition) is 3. The highest BCUT2D eigenvalue weighted by Gasteiger charge is 2.17. The first-order chi connectivity index (χ1) is 9.67. The molecule has 0 aliphatic rings. The molecule has 0 N–H and O–H groups in total. The van der Waals surface area contributed by atoms with Crippen molar-refractivity contribution >= 4 is 16.7 Å². The third kappa shape index (κ3) is 2.82. The number of methoxy groups -OCH3 is 1. The van der Waals surface area contributed by atoms with Gasteiger partial charge < -0.3 is 9.47 Å². The second-order valence-corrected chi connectivity index (χ2v) is 4.61. The summed E-state index contributed by atoms with van der Waals surface area (Å²) in [7, 11) is 1.37. The van der Waals surface area contributed by atoms with E-state index in [1.807, 2.05) is 37.3 Å². The Morgan fingerprint density at radius 3 is 2.75 bits per heavy atom. The number of fused-ring (bicyclic) bond motifs is 1. The van der Waals surface area contributed by atoms with Crippen molar-refractivity contribution in [2.24, 2.45) is 0 Å². The van der Waals surface area contributed by atoms with Crippen LogP contribution in [0.1, 0.15) is 23.7 Å². The molecule has 0 amide bonds. The van der Waals surface area contributed by atoms with Crippen molar-refractivity contribution in [3.8, 4) is 5.75 Å². The quantitative estimate of drug-likeness (QED) is 0.609. The summed E-state index contributed by atoms with van der Waals surface area (Å²) in [5.74, 6) is 0.181. The normalized spacial score (nSPS) is 11.9. The molecule has 0 heterocycles. The summed E-state index contributed by atoms with van der Waals surface area (Å²) in [6.07, 6.45) is 2.46. The van der Waals surface area contributed by atoms with E-state index in [1.54, 1.807) is 12.1 Å². The second kappa shape index (κ2) is 6.24. The van der Waals surface area contributed by atoms with E-state index in [0.29, 0.717) is 17.7 Å². The molecular weight excluding hydrogens is 252 g/mol. The molecule has 20 heavy (non-hydrogen) atoms. The van der Waals surface area contributed by atoms with Crippen LogP contribution in [0.25, 0.3) is 10.8 Å². The van der Waals surface area contributed by atoms with Gasteiger partial charge in [-0.2, -0.15) is 0 Å². The number of benzene rings is 2. The minimum atomic E-state index is -0.392. The Bertz CT molecular complexity index is 631. The molecule has 2 rings (SSSR count). The zero-order valence-electron chi connectivity index (χ0n) is 11.8. The maximum Gasteiger partial charge on any atom is 0.341 e. The third-order valence-electron chi connectivity index (χ3n) is 3.10. The Hall–Kier alpha value is -2.29. The van der Waals surface area contributed by atoms with Gasteiger partial charge in [-0.25, -0.2) is 4.79 Å². The van der Waals surface area contributed by atoms with Crippen LogP contribution in [0.15, 0.2) is 49.1 Å². The fourth-order valence-electron chi connectivity index (χ4n) is 2.12. The standard InChI is InChI=1S/C17H18O3/c1-4-7-12(2)20-16-14-9-6-5-8-13(14)10-11-15(16)17(18)19-3/h4-6,8-12H,1,7H2,2-3H3. The zero-order chi connectivity index (χ0) is 14.5. The fraction of sp³-hybridized carbons (Fsp3) is 0.235. The van der Waals surface area contributed by atoms with Gasteiger partial charge in [0.2, 0.25) is 0 Å². The van der Waals surface area contributed by atoms with E-state index in [9.17, 15) is 4.79 Å². The summed E-state index contributed by atoms with van der Waals surface area (Å²) in [6, 6.07) is 11.4. The van der Waals surface area contributed by atoms with Crippen LogP contribution >= 0.6 is 0 Å². The highest BCUT2D eigenvalue weighted by Crippen LogP contribution is 2.31. The van der Waals surface area contributed by atoms with Crippen molar-refractivity contribution < 1.29 is 14.3 Å². The average molecular weight is 270 g/mol. The van der Waals surface area contributed by atoms with Gasteiger partial charge in [-0.3, -0.25) is 0 Å². The largest absolute Gasteiger partial charge is 0.489 e. The van der Waals surface area contributed by atoms with Crippen molar-refractivity contribution in [3.05, 3.63) is 54.6 Å². The van der Waals surface area contributed by atoms with Gasteiger partial charge in [0.15, 0.2) is 0 Å². The van der Waals surface area contributed by atoms with Crippen molar-refractivity contribution in [2.45, 2.75) is 19.4 Å².